The SMILES string of the molecule is Cc1ccc(C(C)(N)c2cc(F)c(Cl)cc2Cl)cn1. The molecule has 2 nitrogen and oxygen atoms in total. The van der Waals surface area contributed by atoms with Crippen molar-refractivity contribution in [1.29, 1.82) is 0 Å². The van der Waals surface area contributed by atoms with Gasteiger partial charge in [-0.1, -0.05) is 29.3 Å². The summed E-state index contributed by atoms with van der Waals surface area (Å²) in [5.74, 6) is -0.544. The molecule has 0 spiro atoms. The van der Waals surface area contributed by atoms with Gasteiger partial charge in [0.2, 0.25) is 0 Å². The Morgan fingerprint density at radius 1 is 1.21 bits per heavy atom. The second kappa shape index (κ2) is 5.08. The Bertz CT molecular complexity index is 610. The van der Waals surface area contributed by atoms with Gasteiger partial charge in [0.05, 0.1) is 10.6 Å². The summed E-state index contributed by atoms with van der Waals surface area (Å²) in [4.78, 5) is 4.20. The fraction of sp³-hybridized carbons (Fsp3) is 0.214. The topological polar surface area (TPSA) is 38.9 Å². The predicted octanol–water partition coefficient (Wildman–Crippen LogP) is 4.06. The molecule has 2 aromatic rings. The van der Waals surface area contributed by atoms with E-state index in [1.165, 1.54) is 12.1 Å². The molecule has 0 fully saturated rings. The third kappa shape index (κ3) is 2.73. The molecule has 100 valence electrons. The van der Waals surface area contributed by atoms with Gasteiger partial charge in [0, 0.05) is 16.9 Å². The van der Waals surface area contributed by atoms with Gasteiger partial charge in [-0.15, -0.1) is 0 Å². The van der Waals surface area contributed by atoms with Crippen LogP contribution in [0, 0.1) is 12.7 Å². The third-order valence-electron chi connectivity index (χ3n) is 3.08. The van der Waals surface area contributed by atoms with Crippen molar-refractivity contribution < 1.29 is 4.39 Å². The number of halogens is 3. The van der Waals surface area contributed by atoms with Crippen LogP contribution in [0.1, 0.15) is 23.7 Å². The summed E-state index contributed by atoms with van der Waals surface area (Å²) in [5.41, 5.74) is 7.46. The van der Waals surface area contributed by atoms with Gasteiger partial charge in [-0.2, -0.15) is 0 Å². The second-order valence-corrected chi connectivity index (χ2v) is 5.45. The first-order valence-corrected chi connectivity index (χ1v) is 6.45. The number of nitrogens with two attached hydrogens (primary N) is 1. The lowest BCUT2D eigenvalue weighted by Gasteiger charge is -2.27. The minimum absolute atomic E-state index is 0.0217. The van der Waals surface area contributed by atoms with Crippen molar-refractivity contribution in [2.24, 2.45) is 5.73 Å². The molecule has 5 heteroatoms. The van der Waals surface area contributed by atoms with E-state index in [2.05, 4.69) is 4.98 Å². The number of hydrogen-bond donors (Lipinski definition) is 1. The van der Waals surface area contributed by atoms with E-state index in [4.69, 9.17) is 28.9 Å². The average molecular weight is 299 g/mol. The largest absolute Gasteiger partial charge is 0.318 e. The predicted molar refractivity (Wildman–Crippen MR) is 76.0 cm³/mol. The number of hydrogen-bond acceptors (Lipinski definition) is 2. The summed E-state index contributed by atoms with van der Waals surface area (Å²) < 4.78 is 13.6. The molecule has 0 aliphatic carbocycles. The zero-order valence-corrected chi connectivity index (χ0v) is 12.1. The highest BCUT2D eigenvalue weighted by atomic mass is 35.5. The number of rotatable bonds is 2. The van der Waals surface area contributed by atoms with Crippen LogP contribution in [0.15, 0.2) is 30.5 Å². The van der Waals surface area contributed by atoms with Crippen LogP contribution < -0.4 is 5.73 Å². The van der Waals surface area contributed by atoms with Crippen LogP contribution in [0.4, 0.5) is 4.39 Å². The van der Waals surface area contributed by atoms with Crippen molar-refractivity contribution in [3.8, 4) is 0 Å². The van der Waals surface area contributed by atoms with Crippen molar-refractivity contribution in [3.05, 3.63) is 63.1 Å². The van der Waals surface area contributed by atoms with E-state index in [1.807, 2.05) is 19.1 Å². The van der Waals surface area contributed by atoms with E-state index in [0.29, 0.717) is 10.6 Å². The van der Waals surface area contributed by atoms with Gasteiger partial charge < -0.3 is 5.73 Å². The highest BCUT2D eigenvalue weighted by molar-refractivity contribution is 6.35. The zero-order chi connectivity index (χ0) is 14.2. The van der Waals surface area contributed by atoms with E-state index in [9.17, 15) is 4.39 Å². The fourth-order valence-corrected chi connectivity index (χ4v) is 2.43. The average Bonchev–Trinajstić information content (AvgIpc) is 2.34. The van der Waals surface area contributed by atoms with Crippen LogP contribution in [0.25, 0.3) is 0 Å². The van der Waals surface area contributed by atoms with E-state index in [1.54, 1.807) is 13.1 Å². The molecule has 2 N–H and O–H groups in total. The Morgan fingerprint density at radius 3 is 2.47 bits per heavy atom. The maximum atomic E-state index is 13.6. The van der Waals surface area contributed by atoms with Crippen LogP contribution in [-0.4, -0.2) is 4.98 Å². The van der Waals surface area contributed by atoms with E-state index >= 15 is 0 Å². The summed E-state index contributed by atoms with van der Waals surface area (Å²) >= 11 is 11.8. The molecule has 0 aliphatic heterocycles. The van der Waals surface area contributed by atoms with Gasteiger partial charge in [-0.05, 0) is 43.2 Å². The highest BCUT2D eigenvalue weighted by Crippen LogP contribution is 2.34. The van der Waals surface area contributed by atoms with Gasteiger partial charge in [0.15, 0.2) is 0 Å². The summed E-state index contributed by atoms with van der Waals surface area (Å²) in [7, 11) is 0. The van der Waals surface area contributed by atoms with Crippen molar-refractivity contribution >= 4 is 23.2 Å². The number of aryl methyl sites for hydroxylation is 1. The molecular formula is C14H13Cl2FN2. The molecule has 0 saturated heterocycles. The monoisotopic (exact) mass is 298 g/mol. The molecule has 0 bridgehead atoms. The number of aromatic nitrogens is 1. The Morgan fingerprint density at radius 2 is 1.89 bits per heavy atom. The highest BCUT2D eigenvalue weighted by Gasteiger charge is 2.27. The van der Waals surface area contributed by atoms with E-state index in [0.717, 1.165) is 11.3 Å². The Kier molecular flexibility index (Phi) is 3.81. The normalized spacial score (nSPS) is 14.2. The molecular weight excluding hydrogens is 286 g/mol. The fourth-order valence-electron chi connectivity index (χ4n) is 1.85. The van der Waals surface area contributed by atoms with Crippen molar-refractivity contribution in [3.63, 3.8) is 0 Å². The lowest BCUT2D eigenvalue weighted by molar-refractivity contribution is 0.580. The van der Waals surface area contributed by atoms with E-state index in [-0.39, 0.29) is 5.02 Å². The lowest BCUT2D eigenvalue weighted by Crippen LogP contribution is -2.35. The van der Waals surface area contributed by atoms with Crippen molar-refractivity contribution in [1.82, 2.24) is 4.98 Å². The molecule has 1 unspecified atom stereocenters. The number of pyridine rings is 1. The summed E-state index contributed by atoms with van der Waals surface area (Å²) in [6.07, 6.45) is 1.66. The Balaban J connectivity index is 2.55. The van der Waals surface area contributed by atoms with Gasteiger partial charge in [0.1, 0.15) is 5.82 Å². The number of benzene rings is 1. The van der Waals surface area contributed by atoms with Crippen LogP contribution in [0.2, 0.25) is 10.0 Å². The maximum Gasteiger partial charge on any atom is 0.142 e. The molecule has 2 rings (SSSR count). The molecule has 1 aromatic heterocycles. The Hall–Kier alpha value is -1.16. The third-order valence-corrected chi connectivity index (χ3v) is 3.68. The zero-order valence-electron chi connectivity index (χ0n) is 10.5. The minimum atomic E-state index is -0.941. The van der Waals surface area contributed by atoms with Gasteiger partial charge in [-0.25, -0.2) is 4.39 Å². The second-order valence-electron chi connectivity index (χ2n) is 4.64. The quantitative estimate of drug-likeness (QED) is 0.849. The summed E-state index contributed by atoms with van der Waals surface area (Å²) in [6, 6.07) is 6.33. The molecule has 0 aliphatic rings. The number of nitrogens with zero attached hydrogens (tertiary/aromatic N) is 1. The van der Waals surface area contributed by atoms with Gasteiger partial charge >= 0.3 is 0 Å². The van der Waals surface area contributed by atoms with Crippen molar-refractivity contribution in [2.75, 3.05) is 0 Å². The smallest absolute Gasteiger partial charge is 0.142 e. The molecule has 1 aromatic carbocycles. The van der Waals surface area contributed by atoms with Gasteiger partial charge in [0.25, 0.3) is 0 Å². The lowest BCUT2D eigenvalue weighted by atomic mass is 9.86. The molecule has 0 radical (unpaired) electrons. The van der Waals surface area contributed by atoms with Crippen LogP contribution in [0.3, 0.4) is 0 Å². The standard InChI is InChI=1S/C14H13Cl2FN2/c1-8-3-4-9(7-19-8)14(2,18)10-5-13(17)12(16)6-11(10)15/h3-7H,18H2,1-2H3. The summed E-state index contributed by atoms with van der Waals surface area (Å²) in [5, 5.41) is 0.309. The van der Waals surface area contributed by atoms with Crippen LogP contribution in [-0.2, 0) is 5.54 Å². The summed E-state index contributed by atoms with van der Waals surface area (Å²) in [6.45, 7) is 3.64. The minimum Gasteiger partial charge on any atom is -0.318 e. The molecule has 1 heterocycles. The molecule has 1 atom stereocenters. The maximum absolute atomic E-state index is 13.6. The molecule has 0 amide bonds. The van der Waals surface area contributed by atoms with Crippen molar-refractivity contribution in [2.45, 2.75) is 19.4 Å². The first-order chi connectivity index (χ1) is 8.82. The van der Waals surface area contributed by atoms with E-state index < -0.39 is 11.4 Å². The first kappa shape index (κ1) is 14.3. The van der Waals surface area contributed by atoms with Crippen LogP contribution in [0.5, 0.6) is 0 Å². The first-order valence-electron chi connectivity index (χ1n) is 5.69. The molecule has 19 heavy (non-hydrogen) atoms. The Labute approximate surface area is 121 Å². The van der Waals surface area contributed by atoms with Gasteiger partial charge in [-0.3, -0.25) is 4.98 Å². The molecule has 0 saturated carbocycles. The van der Waals surface area contributed by atoms with Crippen LogP contribution >= 0.6 is 23.2 Å².